The van der Waals surface area contributed by atoms with Gasteiger partial charge in [0.15, 0.2) is 0 Å². The Morgan fingerprint density at radius 2 is 1.57 bits per heavy atom. The van der Waals surface area contributed by atoms with E-state index in [1.54, 1.807) is 43.5 Å². The first kappa shape index (κ1) is 21.4. The van der Waals surface area contributed by atoms with Crippen molar-refractivity contribution < 1.29 is 17.9 Å². The Morgan fingerprint density at radius 1 is 0.933 bits per heavy atom. The molecule has 6 nitrogen and oxygen atoms in total. The van der Waals surface area contributed by atoms with Gasteiger partial charge in [0.05, 0.1) is 17.7 Å². The Morgan fingerprint density at radius 3 is 2.27 bits per heavy atom. The first-order chi connectivity index (χ1) is 14.4. The van der Waals surface area contributed by atoms with E-state index in [0.717, 1.165) is 15.4 Å². The van der Waals surface area contributed by atoms with E-state index in [2.05, 4.69) is 5.32 Å². The second kappa shape index (κ2) is 9.45. The van der Waals surface area contributed by atoms with E-state index in [0.29, 0.717) is 11.4 Å². The highest BCUT2D eigenvalue weighted by molar-refractivity contribution is 7.92. The van der Waals surface area contributed by atoms with Crippen molar-refractivity contribution in [3.63, 3.8) is 0 Å². The SMILES string of the molecule is COc1ccccc1CNC(=O)CN(c1ccccc1C)S(=O)(=O)c1ccccc1. The summed E-state index contributed by atoms with van der Waals surface area (Å²) in [4.78, 5) is 12.9. The van der Waals surface area contributed by atoms with Gasteiger partial charge in [0.1, 0.15) is 12.3 Å². The molecule has 156 valence electrons. The molecular weight excluding hydrogens is 400 g/mol. The first-order valence-corrected chi connectivity index (χ1v) is 10.9. The van der Waals surface area contributed by atoms with E-state index in [4.69, 9.17) is 4.74 Å². The Hall–Kier alpha value is -3.32. The molecule has 0 aliphatic heterocycles. The molecule has 0 fully saturated rings. The maximum atomic E-state index is 13.3. The number of carbonyl (C=O) groups is 1. The lowest BCUT2D eigenvalue weighted by atomic mass is 10.2. The normalized spacial score (nSPS) is 11.0. The van der Waals surface area contributed by atoms with Gasteiger partial charge in [0.25, 0.3) is 10.0 Å². The molecule has 0 spiro atoms. The molecule has 0 unspecified atom stereocenters. The van der Waals surface area contributed by atoms with Gasteiger partial charge in [0, 0.05) is 12.1 Å². The summed E-state index contributed by atoms with van der Waals surface area (Å²) in [5, 5.41) is 2.79. The minimum atomic E-state index is -3.92. The summed E-state index contributed by atoms with van der Waals surface area (Å²) in [5.41, 5.74) is 2.03. The highest BCUT2D eigenvalue weighted by Gasteiger charge is 2.28. The lowest BCUT2D eigenvalue weighted by Crippen LogP contribution is -2.41. The number of rotatable bonds is 8. The van der Waals surface area contributed by atoms with Crippen LogP contribution in [0.15, 0.2) is 83.8 Å². The third kappa shape index (κ3) is 4.80. The molecule has 0 aromatic heterocycles. The van der Waals surface area contributed by atoms with Crippen molar-refractivity contribution >= 4 is 21.6 Å². The van der Waals surface area contributed by atoms with Gasteiger partial charge in [-0.15, -0.1) is 0 Å². The molecule has 0 radical (unpaired) electrons. The molecule has 0 aliphatic rings. The van der Waals surface area contributed by atoms with Crippen molar-refractivity contribution in [3.8, 4) is 5.75 Å². The number of aryl methyl sites for hydroxylation is 1. The first-order valence-electron chi connectivity index (χ1n) is 9.45. The van der Waals surface area contributed by atoms with E-state index in [-0.39, 0.29) is 18.0 Å². The molecular formula is C23H24N2O4S. The van der Waals surface area contributed by atoms with Crippen LogP contribution >= 0.6 is 0 Å². The number of ether oxygens (including phenoxy) is 1. The van der Waals surface area contributed by atoms with Crippen LogP contribution in [0.1, 0.15) is 11.1 Å². The number of hydrogen-bond donors (Lipinski definition) is 1. The quantitative estimate of drug-likeness (QED) is 0.600. The van der Waals surface area contributed by atoms with Crippen LogP contribution in [-0.4, -0.2) is 28.0 Å². The molecule has 0 atom stereocenters. The van der Waals surface area contributed by atoms with Gasteiger partial charge in [-0.25, -0.2) is 8.42 Å². The standard InChI is InChI=1S/C23H24N2O4S/c1-18-10-6-8-14-21(18)25(30(27,28)20-12-4-3-5-13-20)17-23(26)24-16-19-11-7-9-15-22(19)29-2/h3-15H,16-17H2,1-2H3,(H,24,26). The summed E-state index contributed by atoms with van der Waals surface area (Å²) < 4.78 is 33.1. The lowest BCUT2D eigenvalue weighted by molar-refractivity contribution is -0.119. The van der Waals surface area contributed by atoms with Crippen molar-refractivity contribution in [1.29, 1.82) is 0 Å². The van der Waals surface area contributed by atoms with Gasteiger partial charge < -0.3 is 10.1 Å². The van der Waals surface area contributed by atoms with E-state index >= 15 is 0 Å². The number of benzene rings is 3. The zero-order valence-corrected chi connectivity index (χ0v) is 17.7. The van der Waals surface area contributed by atoms with Crippen LogP contribution in [0.2, 0.25) is 0 Å². The summed E-state index contributed by atoms with van der Waals surface area (Å²) >= 11 is 0. The molecule has 30 heavy (non-hydrogen) atoms. The summed E-state index contributed by atoms with van der Waals surface area (Å²) in [7, 11) is -2.36. The zero-order chi connectivity index (χ0) is 21.6. The van der Waals surface area contributed by atoms with Crippen LogP contribution in [0, 0.1) is 6.92 Å². The Balaban J connectivity index is 1.86. The maximum absolute atomic E-state index is 13.3. The second-order valence-electron chi connectivity index (χ2n) is 6.70. The predicted octanol–water partition coefficient (Wildman–Crippen LogP) is 3.52. The number of para-hydroxylation sites is 2. The minimum Gasteiger partial charge on any atom is -0.496 e. The van der Waals surface area contributed by atoms with Crippen LogP contribution in [0.4, 0.5) is 5.69 Å². The molecule has 0 aliphatic carbocycles. The molecule has 0 bridgehead atoms. The summed E-state index contributed by atoms with van der Waals surface area (Å²) in [6.45, 7) is 1.71. The van der Waals surface area contributed by atoms with Crippen molar-refractivity contribution in [2.75, 3.05) is 18.0 Å². The molecule has 1 amide bonds. The molecule has 3 rings (SSSR count). The number of anilines is 1. The van der Waals surface area contributed by atoms with E-state index in [1.165, 1.54) is 12.1 Å². The van der Waals surface area contributed by atoms with Gasteiger partial charge in [-0.3, -0.25) is 9.10 Å². The van der Waals surface area contributed by atoms with Gasteiger partial charge in [0.2, 0.25) is 5.91 Å². The number of nitrogens with zero attached hydrogens (tertiary/aromatic N) is 1. The van der Waals surface area contributed by atoms with E-state index in [9.17, 15) is 13.2 Å². The van der Waals surface area contributed by atoms with Gasteiger partial charge >= 0.3 is 0 Å². The molecule has 3 aromatic carbocycles. The topological polar surface area (TPSA) is 75.7 Å². The third-order valence-electron chi connectivity index (χ3n) is 4.67. The van der Waals surface area contributed by atoms with Crippen LogP contribution in [0.5, 0.6) is 5.75 Å². The van der Waals surface area contributed by atoms with Crippen molar-refractivity contribution in [1.82, 2.24) is 5.32 Å². The van der Waals surface area contributed by atoms with Crippen LogP contribution < -0.4 is 14.4 Å². The summed E-state index contributed by atoms with van der Waals surface area (Å²) in [6.07, 6.45) is 0. The highest BCUT2D eigenvalue weighted by Crippen LogP contribution is 2.26. The number of carbonyl (C=O) groups excluding carboxylic acids is 1. The smallest absolute Gasteiger partial charge is 0.264 e. The fraction of sp³-hybridized carbons (Fsp3) is 0.174. The Bertz CT molecular complexity index is 1110. The van der Waals surface area contributed by atoms with Crippen molar-refractivity contribution in [2.24, 2.45) is 0 Å². The van der Waals surface area contributed by atoms with Gasteiger partial charge in [-0.2, -0.15) is 0 Å². The van der Waals surface area contributed by atoms with Gasteiger partial charge in [-0.05, 0) is 36.8 Å². The Labute approximate surface area is 177 Å². The van der Waals surface area contributed by atoms with Crippen molar-refractivity contribution in [2.45, 2.75) is 18.4 Å². The van der Waals surface area contributed by atoms with E-state index in [1.807, 2.05) is 37.3 Å². The fourth-order valence-corrected chi connectivity index (χ4v) is 4.60. The molecule has 0 heterocycles. The second-order valence-corrected chi connectivity index (χ2v) is 8.56. The summed E-state index contributed by atoms with van der Waals surface area (Å²) in [5.74, 6) is 0.245. The number of hydrogen-bond acceptors (Lipinski definition) is 4. The monoisotopic (exact) mass is 424 g/mol. The average Bonchev–Trinajstić information content (AvgIpc) is 2.77. The lowest BCUT2D eigenvalue weighted by Gasteiger charge is -2.25. The van der Waals surface area contributed by atoms with Crippen molar-refractivity contribution in [3.05, 3.63) is 90.0 Å². The van der Waals surface area contributed by atoms with Gasteiger partial charge in [-0.1, -0.05) is 54.6 Å². The average molecular weight is 425 g/mol. The molecule has 0 saturated carbocycles. The third-order valence-corrected chi connectivity index (χ3v) is 6.45. The highest BCUT2D eigenvalue weighted by atomic mass is 32.2. The fourth-order valence-electron chi connectivity index (χ4n) is 3.09. The number of amides is 1. The zero-order valence-electron chi connectivity index (χ0n) is 16.9. The molecule has 3 aromatic rings. The number of nitrogens with one attached hydrogen (secondary N) is 1. The molecule has 1 N–H and O–H groups in total. The largest absolute Gasteiger partial charge is 0.496 e. The van der Waals surface area contributed by atoms with Crippen LogP contribution in [-0.2, 0) is 21.4 Å². The number of methoxy groups -OCH3 is 1. The summed E-state index contributed by atoms with van der Waals surface area (Å²) in [6, 6.07) is 22.5. The van der Waals surface area contributed by atoms with E-state index < -0.39 is 15.9 Å². The number of sulfonamides is 1. The molecule has 7 heteroatoms. The minimum absolute atomic E-state index is 0.130. The van der Waals surface area contributed by atoms with Crippen LogP contribution in [0.25, 0.3) is 0 Å². The Kier molecular flexibility index (Phi) is 6.74. The molecule has 0 saturated heterocycles. The predicted molar refractivity (Wildman–Crippen MR) is 117 cm³/mol. The maximum Gasteiger partial charge on any atom is 0.264 e. The van der Waals surface area contributed by atoms with Crippen LogP contribution in [0.3, 0.4) is 0 Å².